The average molecular weight is 462 g/mol. The number of methoxy groups -OCH3 is 1. The zero-order valence-corrected chi connectivity index (χ0v) is 17.4. The Labute approximate surface area is 176 Å². The zero-order chi connectivity index (χ0) is 20.4. The second-order valence-corrected chi connectivity index (χ2v) is 7.81. The molecule has 4 rings (SSSR count). The molecule has 0 bridgehead atoms. The summed E-state index contributed by atoms with van der Waals surface area (Å²) in [6.45, 7) is -0.416. The molecule has 1 spiro atoms. The van der Waals surface area contributed by atoms with E-state index in [2.05, 4.69) is 21.2 Å². The fraction of sp³-hybridized carbons (Fsp3) is 0.333. The SMILES string of the molecule is COc1ccc(Br)c(C(=O)OCC(=O)Nc2ccc3c(c2)OC2(CCCC2)O3)c1. The highest BCUT2D eigenvalue weighted by Crippen LogP contribution is 2.47. The summed E-state index contributed by atoms with van der Waals surface area (Å²) in [5, 5.41) is 2.71. The van der Waals surface area contributed by atoms with Crippen molar-refractivity contribution in [2.24, 2.45) is 0 Å². The van der Waals surface area contributed by atoms with E-state index in [1.807, 2.05) is 0 Å². The second-order valence-electron chi connectivity index (χ2n) is 6.95. The van der Waals surface area contributed by atoms with E-state index >= 15 is 0 Å². The molecular formula is C21H20BrNO6. The topological polar surface area (TPSA) is 83.1 Å². The largest absolute Gasteiger partial charge is 0.497 e. The summed E-state index contributed by atoms with van der Waals surface area (Å²) in [6, 6.07) is 10.2. The number of carbonyl (C=O) groups is 2. The smallest absolute Gasteiger partial charge is 0.339 e. The van der Waals surface area contributed by atoms with Crippen LogP contribution in [-0.4, -0.2) is 31.4 Å². The monoisotopic (exact) mass is 461 g/mol. The third kappa shape index (κ3) is 4.17. The maximum Gasteiger partial charge on any atom is 0.339 e. The average Bonchev–Trinajstić information content (AvgIpc) is 3.32. The third-order valence-electron chi connectivity index (χ3n) is 4.91. The Morgan fingerprint density at radius 3 is 2.62 bits per heavy atom. The summed E-state index contributed by atoms with van der Waals surface area (Å²) >= 11 is 3.29. The fourth-order valence-electron chi connectivity index (χ4n) is 3.48. The van der Waals surface area contributed by atoms with Crippen LogP contribution in [0.3, 0.4) is 0 Å². The van der Waals surface area contributed by atoms with Crippen molar-refractivity contribution in [3.05, 3.63) is 46.4 Å². The first kappa shape index (κ1) is 19.6. The van der Waals surface area contributed by atoms with E-state index < -0.39 is 24.3 Å². The van der Waals surface area contributed by atoms with Crippen LogP contribution >= 0.6 is 15.9 Å². The van der Waals surface area contributed by atoms with Gasteiger partial charge in [-0.3, -0.25) is 4.79 Å². The Hall–Kier alpha value is -2.74. The molecule has 2 aromatic carbocycles. The van der Waals surface area contributed by atoms with Crippen LogP contribution in [0.25, 0.3) is 0 Å². The van der Waals surface area contributed by atoms with Gasteiger partial charge >= 0.3 is 5.97 Å². The van der Waals surface area contributed by atoms with Gasteiger partial charge in [0.05, 0.1) is 12.7 Å². The molecule has 1 amide bonds. The molecule has 1 aliphatic heterocycles. The van der Waals surface area contributed by atoms with E-state index in [0.717, 1.165) is 25.7 Å². The van der Waals surface area contributed by atoms with Crippen molar-refractivity contribution in [1.29, 1.82) is 0 Å². The van der Waals surface area contributed by atoms with Crippen LogP contribution in [0.2, 0.25) is 0 Å². The van der Waals surface area contributed by atoms with Gasteiger partial charge in [-0.1, -0.05) is 0 Å². The van der Waals surface area contributed by atoms with Crippen molar-refractivity contribution >= 4 is 33.5 Å². The van der Waals surface area contributed by atoms with E-state index in [1.165, 1.54) is 7.11 Å². The number of carbonyl (C=O) groups excluding carboxylic acids is 2. The number of nitrogens with one attached hydrogen (secondary N) is 1. The number of anilines is 1. The van der Waals surface area contributed by atoms with Crippen molar-refractivity contribution in [3.8, 4) is 17.2 Å². The molecule has 0 unspecified atom stereocenters. The molecule has 2 aliphatic rings. The number of ether oxygens (including phenoxy) is 4. The Bertz CT molecular complexity index is 954. The van der Waals surface area contributed by atoms with Gasteiger partial charge in [-0.15, -0.1) is 0 Å². The highest BCUT2D eigenvalue weighted by Gasteiger charge is 2.44. The fourth-order valence-corrected chi connectivity index (χ4v) is 3.89. The molecule has 1 N–H and O–H groups in total. The van der Waals surface area contributed by atoms with E-state index in [-0.39, 0.29) is 5.56 Å². The number of amides is 1. The number of hydrogen-bond donors (Lipinski definition) is 1. The first-order chi connectivity index (χ1) is 14.0. The van der Waals surface area contributed by atoms with Crippen LogP contribution in [0, 0.1) is 0 Å². The normalized spacial score (nSPS) is 15.9. The van der Waals surface area contributed by atoms with Crippen LogP contribution in [0.15, 0.2) is 40.9 Å². The number of benzene rings is 2. The maximum atomic E-state index is 12.3. The van der Waals surface area contributed by atoms with Gasteiger partial charge in [-0.05, 0) is 59.1 Å². The summed E-state index contributed by atoms with van der Waals surface area (Å²) < 4.78 is 22.7. The number of fused-ring (bicyclic) bond motifs is 1. The van der Waals surface area contributed by atoms with Gasteiger partial charge < -0.3 is 24.3 Å². The minimum Gasteiger partial charge on any atom is -0.497 e. The summed E-state index contributed by atoms with van der Waals surface area (Å²) in [4.78, 5) is 24.5. The van der Waals surface area contributed by atoms with Crippen LogP contribution in [-0.2, 0) is 9.53 Å². The summed E-state index contributed by atoms with van der Waals surface area (Å²) in [6.07, 6.45) is 3.87. The highest BCUT2D eigenvalue weighted by atomic mass is 79.9. The zero-order valence-electron chi connectivity index (χ0n) is 15.8. The number of rotatable bonds is 5. The molecule has 0 atom stereocenters. The molecule has 0 aromatic heterocycles. The molecule has 1 fully saturated rings. The standard InChI is InChI=1S/C21H20BrNO6/c1-26-14-5-6-16(22)15(11-14)20(25)27-12-19(24)23-13-4-7-17-18(10-13)29-21(28-17)8-2-3-9-21/h4-7,10-11H,2-3,8-9,12H2,1H3,(H,23,24). The first-order valence-electron chi connectivity index (χ1n) is 9.31. The van der Waals surface area contributed by atoms with E-state index in [0.29, 0.717) is 27.4 Å². The Kier molecular flexibility index (Phi) is 5.36. The van der Waals surface area contributed by atoms with Crippen molar-refractivity contribution < 1.29 is 28.5 Å². The molecule has 29 heavy (non-hydrogen) atoms. The minimum absolute atomic E-state index is 0.280. The molecular weight excluding hydrogens is 442 g/mol. The Balaban J connectivity index is 1.34. The van der Waals surface area contributed by atoms with Gasteiger partial charge in [-0.25, -0.2) is 4.79 Å². The Morgan fingerprint density at radius 1 is 1.10 bits per heavy atom. The molecule has 8 heteroatoms. The quantitative estimate of drug-likeness (QED) is 0.668. The van der Waals surface area contributed by atoms with E-state index in [1.54, 1.807) is 36.4 Å². The summed E-state index contributed by atoms with van der Waals surface area (Å²) in [5.74, 6) is 0.183. The van der Waals surface area contributed by atoms with Crippen LogP contribution in [0.4, 0.5) is 5.69 Å². The van der Waals surface area contributed by atoms with Crippen molar-refractivity contribution in [1.82, 2.24) is 0 Å². The summed E-state index contributed by atoms with van der Waals surface area (Å²) in [5.41, 5.74) is 0.827. The lowest BCUT2D eigenvalue weighted by atomic mass is 10.2. The molecule has 1 saturated carbocycles. The molecule has 152 valence electrons. The lowest BCUT2D eigenvalue weighted by Crippen LogP contribution is -2.34. The highest BCUT2D eigenvalue weighted by molar-refractivity contribution is 9.10. The lowest BCUT2D eigenvalue weighted by molar-refractivity contribution is -0.119. The van der Waals surface area contributed by atoms with Crippen LogP contribution < -0.4 is 19.5 Å². The van der Waals surface area contributed by atoms with Crippen LogP contribution in [0.5, 0.6) is 17.2 Å². The van der Waals surface area contributed by atoms with Gasteiger partial charge in [0, 0.05) is 29.1 Å². The molecule has 0 radical (unpaired) electrons. The third-order valence-corrected chi connectivity index (χ3v) is 5.60. The Morgan fingerprint density at radius 2 is 1.86 bits per heavy atom. The minimum atomic E-state index is -0.625. The van der Waals surface area contributed by atoms with Gasteiger partial charge in [-0.2, -0.15) is 0 Å². The number of esters is 1. The first-order valence-corrected chi connectivity index (χ1v) is 10.1. The molecule has 1 heterocycles. The van der Waals surface area contributed by atoms with Gasteiger partial charge in [0.25, 0.3) is 11.7 Å². The number of halogens is 1. The van der Waals surface area contributed by atoms with Gasteiger partial charge in [0.15, 0.2) is 18.1 Å². The lowest BCUT2D eigenvalue weighted by Gasteiger charge is -2.21. The predicted molar refractivity (Wildman–Crippen MR) is 109 cm³/mol. The van der Waals surface area contributed by atoms with E-state index in [9.17, 15) is 9.59 Å². The molecule has 1 aliphatic carbocycles. The molecule has 7 nitrogen and oxygen atoms in total. The molecule has 2 aromatic rings. The molecule has 0 saturated heterocycles. The second kappa shape index (κ2) is 7.94. The maximum absolute atomic E-state index is 12.3. The van der Waals surface area contributed by atoms with Crippen LogP contribution in [0.1, 0.15) is 36.0 Å². The van der Waals surface area contributed by atoms with Crippen molar-refractivity contribution in [3.63, 3.8) is 0 Å². The summed E-state index contributed by atoms with van der Waals surface area (Å²) in [7, 11) is 1.51. The van der Waals surface area contributed by atoms with Crippen molar-refractivity contribution in [2.75, 3.05) is 19.0 Å². The van der Waals surface area contributed by atoms with Crippen molar-refractivity contribution in [2.45, 2.75) is 31.5 Å². The van der Waals surface area contributed by atoms with E-state index in [4.69, 9.17) is 18.9 Å². The predicted octanol–water partition coefficient (Wildman–Crippen LogP) is 4.29. The number of hydrogen-bond acceptors (Lipinski definition) is 6. The van der Waals surface area contributed by atoms with Gasteiger partial charge in [0.1, 0.15) is 5.75 Å². The van der Waals surface area contributed by atoms with Gasteiger partial charge in [0.2, 0.25) is 0 Å².